The second-order valence-electron chi connectivity index (χ2n) is 7.55. The van der Waals surface area contributed by atoms with Gasteiger partial charge in [0.15, 0.2) is 0 Å². The zero-order valence-electron chi connectivity index (χ0n) is 15.7. The highest BCUT2D eigenvalue weighted by molar-refractivity contribution is 6.17. The lowest BCUT2D eigenvalue weighted by Gasteiger charge is -2.11. The van der Waals surface area contributed by atoms with Crippen molar-refractivity contribution in [1.82, 2.24) is 13.4 Å². The molecule has 0 spiro atoms. The van der Waals surface area contributed by atoms with E-state index < -0.39 is 0 Å². The fourth-order valence-electron chi connectivity index (χ4n) is 4.85. The normalized spacial score (nSPS) is 12.1. The molecule has 0 radical (unpaired) electrons. The van der Waals surface area contributed by atoms with Crippen LogP contribution in [-0.2, 0) is 0 Å². The lowest BCUT2D eigenvalue weighted by Crippen LogP contribution is -2.01. The van der Waals surface area contributed by atoms with Crippen molar-refractivity contribution in [3.05, 3.63) is 103 Å². The molecule has 4 aromatic heterocycles. The molecule has 0 atom stereocenters. The quantitative estimate of drug-likeness (QED) is 0.315. The fraction of sp³-hybridized carbons (Fsp3) is 0. The van der Waals surface area contributed by atoms with E-state index in [4.69, 9.17) is 0 Å². The zero-order chi connectivity index (χ0) is 18.9. The average molecular weight is 371 g/mol. The van der Waals surface area contributed by atoms with Crippen molar-refractivity contribution in [3.8, 4) is 5.69 Å². The third-order valence-corrected chi connectivity index (χ3v) is 6.02. The summed E-state index contributed by atoms with van der Waals surface area (Å²) in [7, 11) is 0. The van der Waals surface area contributed by atoms with E-state index in [9.17, 15) is 0 Å². The zero-order valence-corrected chi connectivity index (χ0v) is 15.7. The van der Waals surface area contributed by atoms with E-state index in [1.165, 1.54) is 49.7 Å². The van der Waals surface area contributed by atoms with Gasteiger partial charge in [-0.2, -0.15) is 0 Å². The third-order valence-electron chi connectivity index (χ3n) is 6.02. The molecule has 4 heterocycles. The summed E-state index contributed by atoms with van der Waals surface area (Å²) >= 11 is 0. The minimum Gasteiger partial charge on any atom is -0.302 e. The highest BCUT2D eigenvalue weighted by Gasteiger charge is 2.20. The van der Waals surface area contributed by atoms with Crippen LogP contribution in [-0.4, -0.2) is 13.4 Å². The van der Waals surface area contributed by atoms with Crippen LogP contribution in [0.2, 0.25) is 0 Å². The molecule has 136 valence electrons. The maximum Gasteiger partial charge on any atom is 0.134 e. The minimum absolute atomic E-state index is 1.17. The van der Waals surface area contributed by atoms with Crippen LogP contribution in [0.4, 0.5) is 0 Å². The Labute approximate surface area is 166 Å². The monoisotopic (exact) mass is 371 g/mol. The molecule has 7 rings (SSSR count). The SMILES string of the molecule is c1ccc(-n2c3ccccc3c3c4cccn4c4cc5ccccc5n4c32)cc1. The molecule has 0 unspecified atom stereocenters. The number of para-hydroxylation sites is 3. The van der Waals surface area contributed by atoms with Crippen LogP contribution in [0.15, 0.2) is 103 Å². The predicted octanol–water partition coefficient (Wildman–Crippen LogP) is 6.44. The van der Waals surface area contributed by atoms with Crippen molar-refractivity contribution in [2.24, 2.45) is 0 Å². The maximum absolute atomic E-state index is 2.41. The minimum atomic E-state index is 1.17. The smallest absolute Gasteiger partial charge is 0.134 e. The summed E-state index contributed by atoms with van der Waals surface area (Å²) in [5.41, 5.74) is 7.25. The number of hydrogen-bond donors (Lipinski definition) is 0. The van der Waals surface area contributed by atoms with Gasteiger partial charge in [0.2, 0.25) is 0 Å². The molecule has 3 aromatic carbocycles. The molecule has 29 heavy (non-hydrogen) atoms. The van der Waals surface area contributed by atoms with Crippen molar-refractivity contribution >= 4 is 44.0 Å². The number of hydrogen-bond acceptors (Lipinski definition) is 0. The van der Waals surface area contributed by atoms with E-state index in [-0.39, 0.29) is 0 Å². The summed E-state index contributed by atoms with van der Waals surface area (Å²) in [4.78, 5) is 0. The molecule has 3 heteroatoms. The highest BCUT2D eigenvalue weighted by atomic mass is 15.1. The Bertz CT molecular complexity index is 1690. The summed E-state index contributed by atoms with van der Waals surface area (Å²) in [6.07, 6.45) is 2.16. The van der Waals surface area contributed by atoms with Crippen LogP contribution in [0.25, 0.3) is 49.7 Å². The summed E-state index contributed by atoms with van der Waals surface area (Å²) in [5.74, 6) is 0. The first kappa shape index (κ1) is 15.0. The third kappa shape index (κ3) is 1.82. The van der Waals surface area contributed by atoms with Crippen LogP contribution >= 0.6 is 0 Å². The van der Waals surface area contributed by atoms with Crippen molar-refractivity contribution in [1.29, 1.82) is 0 Å². The molecule has 0 aliphatic rings. The van der Waals surface area contributed by atoms with Gasteiger partial charge in [0.25, 0.3) is 0 Å². The van der Waals surface area contributed by atoms with Crippen molar-refractivity contribution < 1.29 is 0 Å². The number of benzene rings is 3. The average Bonchev–Trinajstić information content (AvgIpc) is 3.47. The van der Waals surface area contributed by atoms with Gasteiger partial charge in [0, 0.05) is 28.0 Å². The molecule has 0 aliphatic heterocycles. The lowest BCUT2D eigenvalue weighted by atomic mass is 10.2. The Morgan fingerprint density at radius 2 is 1.31 bits per heavy atom. The van der Waals surface area contributed by atoms with E-state index in [0.717, 1.165) is 0 Å². The highest BCUT2D eigenvalue weighted by Crippen LogP contribution is 2.37. The Morgan fingerprint density at radius 1 is 0.586 bits per heavy atom. The molecule has 0 saturated heterocycles. The summed E-state index contributed by atoms with van der Waals surface area (Å²) < 4.78 is 7.12. The second kappa shape index (κ2) is 5.30. The first-order valence-electron chi connectivity index (χ1n) is 9.90. The van der Waals surface area contributed by atoms with Crippen molar-refractivity contribution in [3.63, 3.8) is 0 Å². The van der Waals surface area contributed by atoms with Crippen molar-refractivity contribution in [2.75, 3.05) is 0 Å². The molecule has 0 bridgehead atoms. The first-order valence-corrected chi connectivity index (χ1v) is 9.90. The topological polar surface area (TPSA) is 13.8 Å². The van der Waals surface area contributed by atoms with E-state index in [0.29, 0.717) is 0 Å². The van der Waals surface area contributed by atoms with Gasteiger partial charge in [0.05, 0.1) is 16.6 Å². The number of nitrogens with zero attached hydrogens (tertiary/aromatic N) is 3. The fourth-order valence-corrected chi connectivity index (χ4v) is 4.85. The van der Waals surface area contributed by atoms with Gasteiger partial charge < -0.3 is 4.40 Å². The van der Waals surface area contributed by atoms with Crippen LogP contribution in [0.3, 0.4) is 0 Å². The van der Waals surface area contributed by atoms with Gasteiger partial charge in [-0.25, -0.2) is 0 Å². The van der Waals surface area contributed by atoms with E-state index in [1.54, 1.807) is 0 Å². The molecule has 0 N–H and O–H groups in total. The second-order valence-corrected chi connectivity index (χ2v) is 7.55. The summed E-state index contributed by atoms with van der Waals surface area (Å²) in [6, 6.07) is 34.7. The molecular weight excluding hydrogens is 354 g/mol. The lowest BCUT2D eigenvalue weighted by molar-refractivity contribution is 1.08. The molecule has 0 aliphatic carbocycles. The maximum atomic E-state index is 2.41. The van der Waals surface area contributed by atoms with Crippen molar-refractivity contribution in [2.45, 2.75) is 0 Å². The van der Waals surface area contributed by atoms with Crippen LogP contribution in [0.5, 0.6) is 0 Å². The Balaban J connectivity index is 1.91. The van der Waals surface area contributed by atoms with Gasteiger partial charge in [-0.3, -0.25) is 8.97 Å². The van der Waals surface area contributed by atoms with E-state index >= 15 is 0 Å². The number of aromatic nitrogens is 3. The molecular formula is C26H17N3. The Morgan fingerprint density at radius 3 is 2.21 bits per heavy atom. The van der Waals surface area contributed by atoms with E-state index in [2.05, 4.69) is 117 Å². The van der Waals surface area contributed by atoms with Crippen LogP contribution < -0.4 is 0 Å². The standard InChI is InChI=1S/C26H17N3/c1-2-10-19(11-3-1)28-22-14-7-5-12-20(22)25-23-15-8-16-27(23)24-17-18-9-4-6-13-21(18)29(24)26(25)28/h1-17H. The van der Waals surface area contributed by atoms with Gasteiger partial charge in [-0.15, -0.1) is 0 Å². The van der Waals surface area contributed by atoms with E-state index in [1.807, 2.05) is 0 Å². The van der Waals surface area contributed by atoms with Gasteiger partial charge >= 0.3 is 0 Å². The van der Waals surface area contributed by atoms with Gasteiger partial charge in [0.1, 0.15) is 11.3 Å². The Kier molecular flexibility index (Phi) is 2.74. The molecule has 0 fully saturated rings. The van der Waals surface area contributed by atoms with Crippen LogP contribution in [0, 0.1) is 0 Å². The van der Waals surface area contributed by atoms with Gasteiger partial charge in [-0.1, -0.05) is 54.6 Å². The van der Waals surface area contributed by atoms with Crippen LogP contribution in [0.1, 0.15) is 0 Å². The first-order chi connectivity index (χ1) is 14.4. The number of fused-ring (bicyclic) bond motifs is 10. The van der Waals surface area contributed by atoms with Gasteiger partial charge in [-0.05, 0) is 42.5 Å². The molecule has 0 amide bonds. The molecule has 3 nitrogen and oxygen atoms in total. The summed E-state index contributed by atoms with van der Waals surface area (Å²) in [6.45, 7) is 0. The summed E-state index contributed by atoms with van der Waals surface area (Å²) in [5, 5.41) is 3.80. The largest absolute Gasteiger partial charge is 0.302 e. The Hall–Kier alpha value is -3.98. The molecule has 0 saturated carbocycles. The number of rotatable bonds is 1. The molecule has 7 aromatic rings. The predicted molar refractivity (Wildman–Crippen MR) is 120 cm³/mol.